The van der Waals surface area contributed by atoms with E-state index < -0.39 is 0 Å². The van der Waals surface area contributed by atoms with Gasteiger partial charge in [0.2, 0.25) is 0 Å². The highest BCUT2D eigenvalue weighted by atomic mass is 15.1. The second kappa shape index (κ2) is 7.75. The molecule has 0 spiro atoms. The Labute approximate surface area is 123 Å². The molecule has 1 heterocycles. The van der Waals surface area contributed by atoms with Gasteiger partial charge in [0.1, 0.15) is 0 Å². The summed E-state index contributed by atoms with van der Waals surface area (Å²) < 4.78 is 0. The first-order chi connectivity index (χ1) is 9.69. The summed E-state index contributed by atoms with van der Waals surface area (Å²) in [6.45, 7) is 4.40. The van der Waals surface area contributed by atoms with E-state index in [1.54, 1.807) is 0 Å². The molecule has 3 atom stereocenters. The van der Waals surface area contributed by atoms with E-state index >= 15 is 0 Å². The van der Waals surface area contributed by atoms with Gasteiger partial charge in [-0.15, -0.1) is 0 Å². The Bertz CT molecular complexity index is 379. The molecule has 2 N–H and O–H groups in total. The van der Waals surface area contributed by atoms with E-state index in [9.17, 15) is 0 Å². The van der Waals surface area contributed by atoms with Gasteiger partial charge in [-0.2, -0.15) is 0 Å². The Kier molecular flexibility index (Phi) is 5.99. The number of hydrogen-bond acceptors (Lipinski definition) is 3. The Morgan fingerprint density at radius 1 is 1.30 bits per heavy atom. The lowest BCUT2D eigenvalue weighted by Gasteiger charge is -2.36. The van der Waals surface area contributed by atoms with Crippen LogP contribution in [0, 0.1) is 11.8 Å². The van der Waals surface area contributed by atoms with Crippen LogP contribution in [0.25, 0.3) is 0 Å². The van der Waals surface area contributed by atoms with E-state index in [0.29, 0.717) is 12.0 Å². The molecule has 0 radical (unpaired) electrons. The van der Waals surface area contributed by atoms with Gasteiger partial charge >= 0.3 is 0 Å². The van der Waals surface area contributed by atoms with Crippen molar-refractivity contribution in [2.24, 2.45) is 17.6 Å². The quantitative estimate of drug-likeness (QED) is 0.867. The van der Waals surface area contributed by atoms with Crippen molar-refractivity contribution in [3.8, 4) is 0 Å². The first kappa shape index (κ1) is 15.5. The highest BCUT2D eigenvalue weighted by Crippen LogP contribution is 2.31. The summed E-state index contributed by atoms with van der Waals surface area (Å²) in [7, 11) is 2.20. The number of pyridine rings is 1. The molecule has 20 heavy (non-hydrogen) atoms. The van der Waals surface area contributed by atoms with Crippen LogP contribution in [-0.2, 0) is 6.54 Å². The summed E-state index contributed by atoms with van der Waals surface area (Å²) in [6.07, 6.45) is 10.3. The van der Waals surface area contributed by atoms with Crippen LogP contribution in [0.1, 0.15) is 44.6 Å². The van der Waals surface area contributed by atoms with Gasteiger partial charge in [0.05, 0.1) is 0 Å². The molecule has 0 aliphatic heterocycles. The predicted molar refractivity (Wildman–Crippen MR) is 84.3 cm³/mol. The van der Waals surface area contributed by atoms with E-state index in [-0.39, 0.29) is 0 Å². The van der Waals surface area contributed by atoms with E-state index in [2.05, 4.69) is 36.0 Å². The van der Waals surface area contributed by atoms with Gasteiger partial charge in [-0.1, -0.05) is 19.8 Å². The Balaban J connectivity index is 1.84. The van der Waals surface area contributed by atoms with Gasteiger partial charge in [0, 0.05) is 31.5 Å². The first-order valence-electron chi connectivity index (χ1n) is 8.02. The van der Waals surface area contributed by atoms with Crippen LogP contribution in [0.2, 0.25) is 0 Å². The molecule has 1 aliphatic carbocycles. The summed E-state index contributed by atoms with van der Waals surface area (Å²) >= 11 is 0. The monoisotopic (exact) mass is 275 g/mol. The average molecular weight is 275 g/mol. The van der Waals surface area contributed by atoms with Gasteiger partial charge in [-0.05, 0) is 55.8 Å². The van der Waals surface area contributed by atoms with E-state index in [1.807, 2.05) is 12.4 Å². The molecule has 0 bridgehead atoms. The van der Waals surface area contributed by atoms with Crippen LogP contribution in [-0.4, -0.2) is 29.5 Å². The topological polar surface area (TPSA) is 42.1 Å². The molecule has 3 nitrogen and oxygen atoms in total. The largest absolute Gasteiger partial charge is 0.327 e. The normalized spacial score (nSPS) is 26.9. The fourth-order valence-corrected chi connectivity index (χ4v) is 3.53. The van der Waals surface area contributed by atoms with Crippen LogP contribution in [0.4, 0.5) is 0 Å². The maximum atomic E-state index is 6.34. The molecule has 1 aromatic rings. The molecule has 1 aromatic heterocycles. The van der Waals surface area contributed by atoms with Crippen LogP contribution < -0.4 is 5.73 Å². The lowest BCUT2D eigenvalue weighted by molar-refractivity contribution is 0.165. The third kappa shape index (κ3) is 4.57. The van der Waals surface area contributed by atoms with Gasteiger partial charge in [0.15, 0.2) is 0 Å². The fourth-order valence-electron chi connectivity index (χ4n) is 3.53. The maximum absolute atomic E-state index is 6.34. The van der Waals surface area contributed by atoms with Crippen molar-refractivity contribution in [2.75, 3.05) is 13.6 Å². The second-order valence-electron chi connectivity index (χ2n) is 6.44. The van der Waals surface area contributed by atoms with Crippen LogP contribution in [0.3, 0.4) is 0 Å². The average Bonchev–Trinajstić information content (AvgIpc) is 2.44. The lowest BCUT2D eigenvalue weighted by Crippen LogP contribution is -2.42. The zero-order chi connectivity index (χ0) is 14.4. The van der Waals surface area contributed by atoms with Crippen molar-refractivity contribution in [2.45, 2.75) is 51.6 Å². The van der Waals surface area contributed by atoms with E-state index in [0.717, 1.165) is 19.0 Å². The SMILES string of the molecule is CCCC1CCC(N)C(CN(C)Cc2ccncc2)C1. The maximum Gasteiger partial charge on any atom is 0.0271 e. The van der Waals surface area contributed by atoms with Gasteiger partial charge in [0.25, 0.3) is 0 Å². The summed E-state index contributed by atoms with van der Waals surface area (Å²) in [5.74, 6) is 1.56. The third-order valence-electron chi connectivity index (χ3n) is 4.59. The van der Waals surface area contributed by atoms with Gasteiger partial charge in [-0.25, -0.2) is 0 Å². The second-order valence-corrected chi connectivity index (χ2v) is 6.44. The van der Waals surface area contributed by atoms with E-state index in [1.165, 1.54) is 37.7 Å². The van der Waals surface area contributed by atoms with Crippen molar-refractivity contribution >= 4 is 0 Å². The minimum Gasteiger partial charge on any atom is -0.327 e. The molecule has 3 heteroatoms. The molecule has 2 rings (SSSR count). The summed E-state index contributed by atoms with van der Waals surface area (Å²) in [5, 5.41) is 0. The van der Waals surface area contributed by atoms with Gasteiger partial charge < -0.3 is 10.6 Å². The molecule has 1 saturated carbocycles. The molecular formula is C17H29N3. The van der Waals surface area contributed by atoms with E-state index in [4.69, 9.17) is 5.73 Å². The Hall–Kier alpha value is -0.930. The van der Waals surface area contributed by atoms with Crippen LogP contribution >= 0.6 is 0 Å². The number of nitrogens with two attached hydrogens (primary N) is 1. The minimum atomic E-state index is 0.392. The smallest absolute Gasteiger partial charge is 0.0271 e. The third-order valence-corrected chi connectivity index (χ3v) is 4.59. The zero-order valence-electron chi connectivity index (χ0n) is 13.0. The molecule has 0 aromatic carbocycles. The minimum absolute atomic E-state index is 0.392. The highest BCUT2D eigenvalue weighted by Gasteiger charge is 2.28. The number of nitrogens with zero attached hydrogens (tertiary/aromatic N) is 2. The molecule has 0 saturated heterocycles. The van der Waals surface area contributed by atoms with Crippen molar-refractivity contribution in [3.63, 3.8) is 0 Å². The summed E-state index contributed by atoms with van der Waals surface area (Å²) in [5.41, 5.74) is 7.67. The fraction of sp³-hybridized carbons (Fsp3) is 0.706. The lowest BCUT2D eigenvalue weighted by atomic mass is 9.76. The van der Waals surface area contributed by atoms with Crippen molar-refractivity contribution in [3.05, 3.63) is 30.1 Å². The molecule has 1 fully saturated rings. The Morgan fingerprint density at radius 3 is 2.75 bits per heavy atom. The molecular weight excluding hydrogens is 246 g/mol. The van der Waals surface area contributed by atoms with Crippen molar-refractivity contribution < 1.29 is 0 Å². The first-order valence-corrected chi connectivity index (χ1v) is 8.02. The Morgan fingerprint density at radius 2 is 2.05 bits per heavy atom. The standard InChI is InChI=1S/C17H29N3/c1-3-4-14-5-6-17(18)16(11-14)13-20(2)12-15-7-9-19-10-8-15/h7-10,14,16-17H,3-6,11-13,18H2,1-2H3. The van der Waals surface area contributed by atoms with Crippen molar-refractivity contribution in [1.29, 1.82) is 0 Å². The van der Waals surface area contributed by atoms with Gasteiger partial charge in [-0.3, -0.25) is 4.98 Å². The molecule has 0 amide bonds. The number of rotatable bonds is 6. The van der Waals surface area contributed by atoms with Crippen molar-refractivity contribution in [1.82, 2.24) is 9.88 Å². The summed E-state index contributed by atoms with van der Waals surface area (Å²) in [6, 6.07) is 4.58. The summed E-state index contributed by atoms with van der Waals surface area (Å²) in [4.78, 5) is 6.48. The highest BCUT2D eigenvalue weighted by molar-refractivity contribution is 5.09. The molecule has 112 valence electrons. The number of hydrogen-bond donors (Lipinski definition) is 1. The number of aromatic nitrogens is 1. The van der Waals surface area contributed by atoms with Crippen LogP contribution in [0.15, 0.2) is 24.5 Å². The molecule has 3 unspecified atom stereocenters. The predicted octanol–water partition coefficient (Wildman–Crippen LogP) is 3.06. The van der Waals surface area contributed by atoms with Crippen LogP contribution in [0.5, 0.6) is 0 Å². The zero-order valence-corrected chi connectivity index (χ0v) is 13.0. The molecule has 1 aliphatic rings.